The third-order valence-electron chi connectivity index (χ3n) is 6.25. The molecule has 0 N–H and O–H groups in total. The minimum atomic E-state index is -0.443. The molecule has 0 spiro atoms. The Labute approximate surface area is 228 Å². The van der Waals surface area contributed by atoms with E-state index in [9.17, 15) is 9.18 Å². The summed E-state index contributed by atoms with van der Waals surface area (Å²) in [4.78, 5) is 13.6. The zero-order valence-electron chi connectivity index (χ0n) is 22.2. The minimum Gasteiger partial charge on any atom is -0.489 e. The number of rotatable bonds is 9. The van der Waals surface area contributed by atoms with Crippen molar-refractivity contribution < 1.29 is 28.1 Å². The summed E-state index contributed by atoms with van der Waals surface area (Å²) in [6, 6.07) is 19.8. The van der Waals surface area contributed by atoms with Crippen LogP contribution in [-0.2, 0) is 14.3 Å². The molecule has 0 aromatic heterocycles. The molecule has 39 heavy (non-hydrogen) atoms. The predicted molar refractivity (Wildman–Crippen MR) is 148 cm³/mol. The molecular formula is C32H32FNO5. The molecule has 0 bridgehead atoms. The molecule has 0 saturated carbocycles. The highest BCUT2D eigenvalue weighted by Crippen LogP contribution is 2.26. The maximum atomic E-state index is 13.6. The van der Waals surface area contributed by atoms with Crippen molar-refractivity contribution in [3.05, 3.63) is 101 Å². The van der Waals surface area contributed by atoms with E-state index >= 15 is 0 Å². The molecule has 1 heterocycles. The van der Waals surface area contributed by atoms with E-state index < -0.39 is 5.97 Å². The fourth-order valence-electron chi connectivity index (χ4n) is 4.07. The molecule has 1 aliphatic rings. The van der Waals surface area contributed by atoms with Gasteiger partial charge in [-0.1, -0.05) is 36.1 Å². The SMILES string of the molecule is COC(=O)COc1ccc(OC/C=C(\c2ccc(F)cc2)c2ccc(C#CCN3CCOCC3)cc2)cc1C. The molecule has 1 aliphatic heterocycles. The van der Waals surface area contributed by atoms with E-state index in [0.717, 1.165) is 60.7 Å². The van der Waals surface area contributed by atoms with Crippen LogP contribution in [-0.4, -0.2) is 64.0 Å². The van der Waals surface area contributed by atoms with Crippen molar-refractivity contribution in [1.82, 2.24) is 4.90 Å². The number of carbonyl (C=O) groups excluding carboxylic acids is 1. The summed E-state index contributed by atoms with van der Waals surface area (Å²) in [5, 5.41) is 0. The number of carbonyl (C=O) groups is 1. The lowest BCUT2D eigenvalue weighted by atomic mass is 9.96. The summed E-state index contributed by atoms with van der Waals surface area (Å²) >= 11 is 0. The fraction of sp³-hybridized carbons (Fsp3) is 0.281. The highest BCUT2D eigenvalue weighted by molar-refractivity contribution is 5.80. The van der Waals surface area contributed by atoms with Crippen LogP contribution in [0.5, 0.6) is 11.5 Å². The van der Waals surface area contributed by atoms with Gasteiger partial charge in [0.15, 0.2) is 6.61 Å². The number of morpholine rings is 1. The zero-order valence-corrected chi connectivity index (χ0v) is 22.2. The van der Waals surface area contributed by atoms with Crippen molar-refractivity contribution >= 4 is 11.5 Å². The molecule has 0 radical (unpaired) electrons. The topological polar surface area (TPSA) is 57.2 Å². The Morgan fingerprint density at radius 3 is 2.36 bits per heavy atom. The maximum Gasteiger partial charge on any atom is 0.343 e. The van der Waals surface area contributed by atoms with Crippen LogP contribution in [0.4, 0.5) is 4.39 Å². The van der Waals surface area contributed by atoms with Crippen molar-refractivity contribution in [1.29, 1.82) is 0 Å². The quantitative estimate of drug-likeness (QED) is 0.291. The maximum absolute atomic E-state index is 13.6. The normalized spacial score (nSPS) is 13.8. The monoisotopic (exact) mass is 529 g/mol. The van der Waals surface area contributed by atoms with Crippen LogP contribution in [0, 0.1) is 24.6 Å². The zero-order chi connectivity index (χ0) is 27.5. The van der Waals surface area contributed by atoms with Crippen LogP contribution >= 0.6 is 0 Å². The second-order valence-corrected chi connectivity index (χ2v) is 9.00. The first-order chi connectivity index (χ1) is 19.0. The molecule has 0 unspecified atom stereocenters. The summed E-state index contributed by atoms with van der Waals surface area (Å²) in [6.07, 6.45) is 1.98. The summed E-state index contributed by atoms with van der Waals surface area (Å²) in [6.45, 7) is 6.09. The van der Waals surface area contributed by atoms with Gasteiger partial charge in [-0.3, -0.25) is 4.90 Å². The number of benzene rings is 3. The Hall–Kier alpha value is -4.12. The van der Waals surface area contributed by atoms with E-state index in [1.165, 1.54) is 19.2 Å². The molecule has 0 amide bonds. The number of esters is 1. The van der Waals surface area contributed by atoms with Crippen LogP contribution in [0.2, 0.25) is 0 Å². The van der Waals surface area contributed by atoms with Gasteiger partial charge in [0.1, 0.15) is 23.9 Å². The van der Waals surface area contributed by atoms with Crippen molar-refractivity contribution in [2.75, 3.05) is 53.2 Å². The molecule has 6 nitrogen and oxygen atoms in total. The van der Waals surface area contributed by atoms with E-state index in [4.69, 9.17) is 14.2 Å². The van der Waals surface area contributed by atoms with Gasteiger partial charge in [0.05, 0.1) is 26.9 Å². The van der Waals surface area contributed by atoms with Crippen LogP contribution in [0.3, 0.4) is 0 Å². The molecule has 1 saturated heterocycles. The lowest BCUT2D eigenvalue weighted by molar-refractivity contribution is -0.142. The Morgan fingerprint density at radius 1 is 1.00 bits per heavy atom. The van der Waals surface area contributed by atoms with Gasteiger partial charge in [0.2, 0.25) is 0 Å². The molecule has 0 aliphatic carbocycles. The number of ether oxygens (including phenoxy) is 4. The van der Waals surface area contributed by atoms with Crippen LogP contribution < -0.4 is 9.47 Å². The summed E-state index contributed by atoms with van der Waals surface area (Å²) in [7, 11) is 1.32. The highest BCUT2D eigenvalue weighted by Gasteiger charge is 2.09. The van der Waals surface area contributed by atoms with Crippen LogP contribution in [0.25, 0.3) is 5.57 Å². The largest absolute Gasteiger partial charge is 0.489 e. The van der Waals surface area contributed by atoms with Gasteiger partial charge in [-0.05, 0) is 77.7 Å². The number of hydrogen-bond acceptors (Lipinski definition) is 6. The number of halogens is 1. The molecule has 7 heteroatoms. The Morgan fingerprint density at radius 2 is 1.69 bits per heavy atom. The number of methoxy groups -OCH3 is 1. The minimum absolute atomic E-state index is 0.153. The van der Waals surface area contributed by atoms with Crippen LogP contribution in [0.15, 0.2) is 72.8 Å². The summed E-state index contributed by atoms with van der Waals surface area (Å²) in [5.74, 6) is 7.01. The first-order valence-corrected chi connectivity index (χ1v) is 12.8. The average molecular weight is 530 g/mol. The third-order valence-corrected chi connectivity index (χ3v) is 6.25. The van der Waals surface area contributed by atoms with Crippen LogP contribution in [0.1, 0.15) is 22.3 Å². The van der Waals surface area contributed by atoms with E-state index in [0.29, 0.717) is 18.1 Å². The van der Waals surface area contributed by atoms with Gasteiger partial charge in [0, 0.05) is 18.7 Å². The molecule has 202 valence electrons. The van der Waals surface area contributed by atoms with Crippen molar-refractivity contribution in [2.24, 2.45) is 0 Å². The van der Waals surface area contributed by atoms with Crippen molar-refractivity contribution in [3.8, 4) is 23.3 Å². The van der Waals surface area contributed by atoms with Gasteiger partial charge < -0.3 is 18.9 Å². The standard InChI is InChI=1S/C32H32FNO5/c1-24-22-29(13-14-31(24)39-23-32(35)36-2)38-19-15-30(27-9-11-28(33)12-10-27)26-7-5-25(6-8-26)4-3-16-34-17-20-37-21-18-34/h5-15,22H,16-21,23H2,1-2H3/b30-15-. The lowest BCUT2D eigenvalue weighted by Crippen LogP contribution is -2.36. The first kappa shape index (κ1) is 27.9. The molecular weight excluding hydrogens is 497 g/mol. The third kappa shape index (κ3) is 8.44. The fourth-order valence-corrected chi connectivity index (χ4v) is 4.07. The molecule has 3 aromatic carbocycles. The molecule has 1 fully saturated rings. The van der Waals surface area contributed by atoms with Gasteiger partial charge >= 0.3 is 5.97 Å². The highest BCUT2D eigenvalue weighted by atomic mass is 19.1. The van der Waals surface area contributed by atoms with Gasteiger partial charge in [-0.2, -0.15) is 0 Å². The smallest absolute Gasteiger partial charge is 0.343 e. The number of nitrogens with zero attached hydrogens (tertiary/aromatic N) is 1. The Balaban J connectivity index is 1.45. The Kier molecular flexibility index (Phi) is 10.1. The number of aryl methyl sites for hydroxylation is 1. The molecule has 3 aromatic rings. The van der Waals surface area contributed by atoms with Crippen molar-refractivity contribution in [3.63, 3.8) is 0 Å². The molecule has 4 rings (SSSR count). The van der Waals surface area contributed by atoms with Gasteiger partial charge in [0.25, 0.3) is 0 Å². The van der Waals surface area contributed by atoms with Gasteiger partial charge in [-0.25, -0.2) is 9.18 Å². The summed E-state index contributed by atoms with van der Waals surface area (Å²) < 4.78 is 35.1. The van der Waals surface area contributed by atoms with E-state index in [-0.39, 0.29) is 12.4 Å². The van der Waals surface area contributed by atoms with E-state index in [2.05, 4.69) is 21.5 Å². The second kappa shape index (κ2) is 14.1. The van der Waals surface area contributed by atoms with Gasteiger partial charge in [-0.15, -0.1) is 0 Å². The Bertz CT molecular complexity index is 1330. The van der Waals surface area contributed by atoms with Crippen molar-refractivity contribution in [2.45, 2.75) is 6.92 Å². The first-order valence-electron chi connectivity index (χ1n) is 12.8. The van der Waals surface area contributed by atoms with E-state index in [1.54, 1.807) is 24.3 Å². The predicted octanol–water partition coefficient (Wildman–Crippen LogP) is 4.88. The lowest BCUT2D eigenvalue weighted by Gasteiger charge is -2.24. The second-order valence-electron chi connectivity index (χ2n) is 9.00. The summed E-state index contributed by atoms with van der Waals surface area (Å²) in [5.41, 5.74) is 4.56. The van der Waals surface area contributed by atoms with E-state index in [1.807, 2.05) is 43.3 Å². The number of hydrogen-bond donors (Lipinski definition) is 0. The average Bonchev–Trinajstić information content (AvgIpc) is 2.96. The molecule has 0 atom stereocenters.